The first-order chi connectivity index (χ1) is 16.0. The highest BCUT2D eigenvalue weighted by Crippen LogP contribution is 2.32. The number of nitrogens with one attached hydrogen (secondary N) is 1. The highest BCUT2D eigenvalue weighted by atomic mass is 32.1. The van der Waals surface area contributed by atoms with Gasteiger partial charge in [0, 0.05) is 5.41 Å². The van der Waals surface area contributed by atoms with Crippen LogP contribution in [0.2, 0.25) is 0 Å². The maximum Gasteiger partial charge on any atom is 0.157 e. The van der Waals surface area contributed by atoms with E-state index >= 15 is 0 Å². The summed E-state index contributed by atoms with van der Waals surface area (Å²) in [4.78, 5) is 2.53. The number of benzene rings is 2. The van der Waals surface area contributed by atoms with Gasteiger partial charge in [-0.3, -0.25) is 0 Å². The van der Waals surface area contributed by atoms with Crippen molar-refractivity contribution in [1.82, 2.24) is 0 Å². The molecule has 0 bridgehead atoms. The van der Waals surface area contributed by atoms with Crippen LogP contribution < -0.4 is 9.64 Å². The Kier molecular flexibility index (Phi) is 7.65. The summed E-state index contributed by atoms with van der Waals surface area (Å²) in [6, 6.07) is 26.8. The lowest BCUT2D eigenvalue weighted by Crippen LogP contribution is -3.10. The van der Waals surface area contributed by atoms with Crippen molar-refractivity contribution in [2.75, 3.05) is 13.2 Å². The van der Waals surface area contributed by atoms with Gasteiger partial charge in [0.1, 0.15) is 38.1 Å². The second-order valence-corrected chi connectivity index (χ2v) is 9.98. The van der Waals surface area contributed by atoms with Crippen LogP contribution in [0.3, 0.4) is 0 Å². The number of aliphatic hydroxyl groups excluding tert-OH is 1. The zero-order valence-corrected chi connectivity index (χ0v) is 20.1. The molecule has 0 aliphatic heterocycles. The van der Waals surface area contributed by atoms with Crippen molar-refractivity contribution in [1.29, 1.82) is 0 Å². The zero-order chi connectivity index (χ0) is 23.1. The molecule has 4 aromatic rings. The zero-order valence-electron chi connectivity index (χ0n) is 19.2. The SMILES string of the molecule is CC(C)(c1ccccc1)c1ccc(OC[C@H](O)C[NH+](Cc2ccco2)Cc2cccs2)cc1. The van der Waals surface area contributed by atoms with Crippen LogP contribution in [-0.2, 0) is 18.5 Å². The number of thiophene rings is 1. The molecule has 2 aromatic heterocycles. The van der Waals surface area contributed by atoms with Crippen LogP contribution >= 0.6 is 11.3 Å². The monoisotopic (exact) mass is 462 g/mol. The topological polar surface area (TPSA) is 47.0 Å². The Morgan fingerprint density at radius 1 is 0.909 bits per heavy atom. The molecule has 0 fully saturated rings. The Morgan fingerprint density at radius 3 is 2.33 bits per heavy atom. The van der Waals surface area contributed by atoms with Gasteiger partial charge in [-0.2, -0.15) is 0 Å². The maximum atomic E-state index is 10.7. The second-order valence-electron chi connectivity index (χ2n) is 8.95. The van der Waals surface area contributed by atoms with Gasteiger partial charge in [-0.25, -0.2) is 0 Å². The average molecular weight is 463 g/mol. The maximum absolute atomic E-state index is 10.7. The van der Waals surface area contributed by atoms with Crippen molar-refractivity contribution in [2.24, 2.45) is 0 Å². The Morgan fingerprint density at radius 2 is 1.67 bits per heavy atom. The molecule has 172 valence electrons. The number of ether oxygens (including phenoxy) is 1. The van der Waals surface area contributed by atoms with Crippen molar-refractivity contribution in [3.63, 3.8) is 0 Å². The van der Waals surface area contributed by atoms with Crippen molar-refractivity contribution in [3.8, 4) is 5.75 Å². The van der Waals surface area contributed by atoms with Crippen LogP contribution in [0, 0.1) is 0 Å². The predicted octanol–water partition coefficient (Wildman–Crippen LogP) is 4.69. The summed E-state index contributed by atoms with van der Waals surface area (Å²) in [5, 5.41) is 12.8. The molecule has 4 rings (SSSR count). The van der Waals surface area contributed by atoms with Gasteiger partial charge in [0.25, 0.3) is 0 Å². The molecule has 1 unspecified atom stereocenters. The van der Waals surface area contributed by atoms with Crippen molar-refractivity contribution < 1.29 is 19.2 Å². The quantitative estimate of drug-likeness (QED) is 0.340. The first-order valence-electron chi connectivity index (χ1n) is 11.4. The fourth-order valence-electron chi connectivity index (χ4n) is 4.10. The number of hydrogen-bond donors (Lipinski definition) is 2. The molecular weight excluding hydrogens is 430 g/mol. The molecular formula is C28H32NO3S+. The lowest BCUT2D eigenvalue weighted by Gasteiger charge is -2.26. The lowest BCUT2D eigenvalue weighted by molar-refractivity contribution is -0.931. The number of rotatable bonds is 11. The van der Waals surface area contributed by atoms with E-state index in [-0.39, 0.29) is 12.0 Å². The Balaban J connectivity index is 1.33. The molecule has 2 heterocycles. The van der Waals surface area contributed by atoms with E-state index in [9.17, 15) is 5.11 Å². The van der Waals surface area contributed by atoms with Crippen LogP contribution in [0.15, 0.2) is 94.9 Å². The highest BCUT2D eigenvalue weighted by Gasteiger charge is 2.23. The van der Waals surface area contributed by atoms with Gasteiger partial charge in [0.2, 0.25) is 0 Å². The third kappa shape index (κ3) is 6.35. The fraction of sp³-hybridized carbons (Fsp3) is 0.286. The van der Waals surface area contributed by atoms with E-state index in [1.165, 1.54) is 20.9 Å². The third-order valence-corrected chi connectivity index (χ3v) is 6.92. The number of aliphatic hydroxyl groups is 1. The van der Waals surface area contributed by atoms with E-state index in [0.29, 0.717) is 6.54 Å². The number of hydrogen-bond acceptors (Lipinski definition) is 4. The Hall–Kier alpha value is -2.86. The van der Waals surface area contributed by atoms with E-state index < -0.39 is 6.10 Å². The van der Waals surface area contributed by atoms with Crippen molar-refractivity contribution >= 4 is 11.3 Å². The minimum Gasteiger partial charge on any atom is -0.491 e. The summed E-state index contributed by atoms with van der Waals surface area (Å²) in [6.45, 7) is 6.87. The molecule has 0 amide bonds. The largest absolute Gasteiger partial charge is 0.491 e. The summed E-state index contributed by atoms with van der Waals surface area (Å²) in [5.41, 5.74) is 2.42. The average Bonchev–Trinajstić information content (AvgIpc) is 3.53. The summed E-state index contributed by atoms with van der Waals surface area (Å²) in [7, 11) is 0. The number of furan rings is 1. The van der Waals surface area contributed by atoms with Crippen molar-refractivity contribution in [2.45, 2.75) is 38.5 Å². The summed E-state index contributed by atoms with van der Waals surface area (Å²) in [6.07, 6.45) is 1.12. The molecule has 0 aliphatic carbocycles. The van der Waals surface area contributed by atoms with E-state index in [1.807, 2.05) is 30.3 Å². The van der Waals surface area contributed by atoms with Gasteiger partial charge in [-0.15, -0.1) is 11.3 Å². The van der Waals surface area contributed by atoms with E-state index in [0.717, 1.165) is 24.6 Å². The summed E-state index contributed by atoms with van der Waals surface area (Å²) in [5.74, 6) is 1.69. The van der Waals surface area contributed by atoms with E-state index in [2.05, 4.69) is 67.8 Å². The molecule has 2 atom stereocenters. The van der Waals surface area contributed by atoms with Gasteiger partial charge < -0.3 is 19.2 Å². The normalized spacial score (nSPS) is 13.5. The first-order valence-corrected chi connectivity index (χ1v) is 12.2. The molecule has 0 aliphatic rings. The Labute approximate surface area is 200 Å². The fourth-order valence-corrected chi connectivity index (χ4v) is 4.88. The van der Waals surface area contributed by atoms with Gasteiger partial charge >= 0.3 is 0 Å². The molecule has 0 saturated heterocycles. The van der Waals surface area contributed by atoms with Gasteiger partial charge in [0.05, 0.1) is 11.1 Å². The van der Waals surface area contributed by atoms with Crippen LogP contribution in [0.5, 0.6) is 5.75 Å². The standard InChI is InChI=1S/C28H31NO3S/c1-28(2,22-8-4-3-5-9-22)23-12-14-25(15-13-23)32-21-24(30)18-29(19-26-10-6-16-31-26)20-27-11-7-17-33-27/h3-17,24,30H,18-21H2,1-2H3/p+1/t24-/m1/s1. The molecule has 2 N–H and O–H groups in total. The lowest BCUT2D eigenvalue weighted by atomic mass is 9.78. The Bertz CT molecular complexity index is 1040. The molecule has 33 heavy (non-hydrogen) atoms. The highest BCUT2D eigenvalue weighted by molar-refractivity contribution is 7.09. The van der Waals surface area contributed by atoms with Crippen molar-refractivity contribution in [3.05, 3.63) is 112 Å². The minimum absolute atomic E-state index is 0.0865. The van der Waals surface area contributed by atoms with Gasteiger partial charge in [0.15, 0.2) is 5.76 Å². The van der Waals surface area contributed by atoms with Crippen LogP contribution in [0.4, 0.5) is 0 Å². The third-order valence-electron chi connectivity index (χ3n) is 6.05. The molecule has 5 heteroatoms. The van der Waals surface area contributed by atoms with Crippen LogP contribution in [0.1, 0.15) is 35.6 Å². The van der Waals surface area contributed by atoms with E-state index in [4.69, 9.17) is 9.15 Å². The van der Waals surface area contributed by atoms with Crippen LogP contribution in [-0.4, -0.2) is 24.4 Å². The molecule has 0 radical (unpaired) electrons. The molecule has 2 aromatic carbocycles. The predicted molar refractivity (Wildman–Crippen MR) is 133 cm³/mol. The summed E-state index contributed by atoms with van der Waals surface area (Å²) >= 11 is 1.74. The van der Waals surface area contributed by atoms with Gasteiger partial charge in [-0.1, -0.05) is 62.4 Å². The molecule has 0 saturated carbocycles. The van der Waals surface area contributed by atoms with E-state index in [1.54, 1.807) is 17.6 Å². The summed E-state index contributed by atoms with van der Waals surface area (Å²) < 4.78 is 11.5. The smallest absolute Gasteiger partial charge is 0.157 e. The van der Waals surface area contributed by atoms with Crippen LogP contribution in [0.25, 0.3) is 0 Å². The van der Waals surface area contributed by atoms with Gasteiger partial charge in [-0.05, 0) is 46.8 Å². The number of quaternary nitrogens is 1. The molecule has 4 nitrogen and oxygen atoms in total. The molecule has 0 spiro atoms. The second kappa shape index (κ2) is 10.8. The first kappa shape index (κ1) is 23.3. The minimum atomic E-state index is -0.574.